The Labute approximate surface area is 110 Å². The van der Waals surface area contributed by atoms with Crippen LogP contribution in [0.1, 0.15) is 10.4 Å². The van der Waals surface area contributed by atoms with Crippen LogP contribution in [0.15, 0.2) is 42.7 Å². The fraction of sp³-hybridized carbons (Fsp3) is 0.154. The molecule has 0 fully saturated rings. The molecule has 1 amide bonds. The lowest BCUT2D eigenvalue weighted by Crippen LogP contribution is -2.28. The van der Waals surface area contributed by atoms with Crippen molar-refractivity contribution >= 4 is 11.6 Å². The minimum atomic E-state index is -0.203. The van der Waals surface area contributed by atoms with E-state index in [-0.39, 0.29) is 5.91 Å². The van der Waals surface area contributed by atoms with E-state index in [1.54, 1.807) is 18.2 Å². The number of hydrogen-bond acceptors (Lipinski definition) is 5. The molecule has 0 aliphatic heterocycles. The molecule has 2 aromatic rings. The third-order valence-electron chi connectivity index (χ3n) is 2.36. The third-order valence-corrected chi connectivity index (χ3v) is 2.36. The number of nitrogens with one attached hydrogen (secondary N) is 1. The molecule has 98 valence electrons. The standard InChI is InChI=1S/C13H14N4O2/c14-11-2-1-3-12(8-11)19-7-6-15-13(18)10-4-5-16-17-9-10/h1-5,8-9H,6-7,14H2,(H,15,18). The monoisotopic (exact) mass is 258 g/mol. The van der Waals surface area contributed by atoms with Gasteiger partial charge in [0, 0.05) is 11.8 Å². The van der Waals surface area contributed by atoms with Crippen molar-refractivity contribution < 1.29 is 9.53 Å². The average molecular weight is 258 g/mol. The maximum absolute atomic E-state index is 11.7. The van der Waals surface area contributed by atoms with Crippen molar-refractivity contribution in [2.24, 2.45) is 0 Å². The van der Waals surface area contributed by atoms with Gasteiger partial charge in [-0.25, -0.2) is 0 Å². The maximum Gasteiger partial charge on any atom is 0.253 e. The molecule has 1 aromatic heterocycles. The summed E-state index contributed by atoms with van der Waals surface area (Å²) in [4.78, 5) is 11.7. The summed E-state index contributed by atoms with van der Waals surface area (Å²) in [5, 5.41) is 9.96. The van der Waals surface area contributed by atoms with Crippen molar-refractivity contribution in [2.45, 2.75) is 0 Å². The molecule has 0 spiro atoms. The molecular weight excluding hydrogens is 244 g/mol. The number of nitrogens with zero attached hydrogens (tertiary/aromatic N) is 2. The summed E-state index contributed by atoms with van der Waals surface area (Å²) in [5.74, 6) is 0.478. The van der Waals surface area contributed by atoms with Crippen LogP contribution in [-0.4, -0.2) is 29.3 Å². The van der Waals surface area contributed by atoms with Gasteiger partial charge in [0.1, 0.15) is 12.4 Å². The summed E-state index contributed by atoms with van der Waals surface area (Å²) >= 11 is 0. The number of aromatic nitrogens is 2. The smallest absolute Gasteiger partial charge is 0.253 e. The van der Waals surface area contributed by atoms with Gasteiger partial charge in [0.05, 0.1) is 24.5 Å². The van der Waals surface area contributed by atoms with Crippen LogP contribution in [0, 0.1) is 0 Å². The predicted octanol–water partition coefficient (Wildman–Crippen LogP) is 0.868. The van der Waals surface area contributed by atoms with Crippen molar-refractivity contribution in [3.8, 4) is 5.75 Å². The van der Waals surface area contributed by atoms with Crippen LogP contribution in [0.5, 0.6) is 5.75 Å². The summed E-state index contributed by atoms with van der Waals surface area (Å²) in [6.07, 6.45) is 2.88. The van der Waals surface area contributed by atoms with Crippen molar-refractivity contribution in [2.75, 3.05) is 18.9 Å². The van der Waals surface area contributed by atoms with Crippen LogP contribution in [0.25, 0.3) is 0 Å². The topological polar surface area (TPSA) is 90.1 Å². The Morgan fingerprint density at radius 3 is 2.95 bits per heavy atom. The van der Waals surface area contributed by atoms with Gasteiger partial charge in [0.2, 0.25) is 0 Å². The Kier molecular flexibility index (Phi) is 4.28. The zero-order chi connectivity index (χ0) is 13.5. The average Bonchev–Trinajstić information content (AvgIpc) is 2.44. The number of nitrogen functional groups attached to an aromatic ring is 1. The fourth-order valence-corrected chi connectivity index (χ4v) is 1.46. The van der Waals surface area contributed by atoms with Gasteiger partial charge in [-0.3, -0.25) is 4.79 Å². The summed E-state index contributed by atoms with van der Waals surface area (Å²) in [7, 11) is 0. The highest BCUT2D eigenvalue weighted by atomic mass is 16.5. The molecule has 19 heavy (non-hydrogen) atoms. The number of rotatable bonds is 5. The summed E-state index contributed by atoms with van der Waals surface area (Å²) in [6.45, 7) is 0.768. The van der Waals surface area contributed by atoms with Crippen LogP contribution >= 0.6 is 0 Å². The first kappa shape index (κ1) is 12.8. The molecular formula is C13H14N4O2. The Hall–Kier alpha value is -2.63. The molecule has 0 unspecified atom stereocenters. The van der Waals surface area contributed by atoms with E-state index in [9.17, 15) is 4.79 Å². The molecule has 0 saturated carbocycles. The van der Waals surface area contributed by atoms with E-state index in [1.165, 1.54) is 12.4 Å². The lowest BCUT2D eigenvalue weighted by atomic mass is 10.3. The predicted molar refractivity (Wildman–Crippen MR) is 70.7 cm³/mol. The number of nitrogens with two attached hydrogens (primary N) is 1. The van der Waals surface area contributed by atoms with E-state index < -0.39 is 0 Å². The van der Waals surface area contributed by atoms with E-state index in [0.29, 0.717) is 30.2 Å². The minimum absolute atomic E-state index is 0.203. The highest BCUT2D eigenvalue weighted by Crippen LogP contribution is 2.13. The summed E-state index contributed by atoms with van der Waals surface area (Å²) < 4.78 is 5.45. The SMILES string of the molecule is Nc1cccc(OCCNC(=O)c2ccnnc2)c1. The minimum Gasteiger partial charge on any atom is -0.492 e. The summed E-state index contributed by atoms with van der Waals surface area (Å²) in [5.41, 5.74) is 6.74. The Morgan fingerprint density at radius 2 is 2.21 bits per heavy atom. The second-order valence-corrected chi connectivity index (χ2v) is 3.81. The number of benzene rings is 1. The fourth-order valence-electron chi connectivity index (χ4n) is 1.46. The van der Waals surface area contributed by atoms with Crippen molar-refractivity contribution in [3.05, 3.63) is 48.3 Å². The molecule has 1 aromatic carbocycles. The Morgan fingerprint density at radius 1 is 1.32 bits per heavy atom. The van der Waals surface area contributed by atoms with Crippen molar-refractivity contribution in [1.82, 2.24) is 15.5 Å². The number of anilines is 1. The quantitative estimate of drug-likeness (QED) is 0.613. The van der Waals surface area contributed by atoms with Crippen LogP contribution in [0.3, 0.4) is 0 Å². The van der Waals surface area contributed by atoms with Gasteiger partial charge in [-0.05, 0) is 18.2 Å². The van der Waals surface area contributed by atoms with Gasteiger partial charge in [0.25, 0.3) is 5.91 Å². The van der Waals surface area contributed by atoms with Crippen LogP contribution < -0.4 is 15.8 Å². The Bertz CT molecular complexity index is 545. The van der Waals surface area contributed by atoms with E-state index in [1.807, 2.05) is 12.1 Å². The Balaban J connectivity index is 1.74. The molecule has 1 heterocycles. The number of ether oxygens (including phenoxy) is 1. The molecule has 0 radical (unpaired) electrons. The van der Waals surface area contributed by atoms with Crippen LogP contribution in [0.4, 0.5) is 5.69 Å². The number of carbonyl (C=O) groups excluding carboxylic acids is 1. The largest absolute Gasteiger partial charge is 0.492 e. The molecule has 6 nitrogen and oxygen atoms in total. The lowest BCUT2D eigenvalue weighted by Gasteiger charge is -2.08. The number of amides is 1. The van der Waals surface area contributed by atoms with E-state index >= 15 is 0 Å². The van der Waals surface area contributed by atoms with E-state index in [4.69, 9.17) is 10.5 Å². The van der Waals surface area contributed by atoms with Gasteiger partial charge < -0.3 is 15.8 Å². The first-order valence-corrected chi connectivity index (χ1v) is 5.79. The molecule has 0 atom stereocenters. The molecule has 6 heteroatoms. The van der Waals surface area contributed by atoms with Crippen molar-refractivity contribution in [3.63, 3.8) is 0 Å². The van der Waals surface area contributed by atoms with Gasteiger partial charge >= 0.3 is 0 Å². The van der Waals surface area contributed by atoms with Crippen LogP contribution in [0.2, 0.25) is 0 Å². The maximum atomic E-state index is 11.7. The molecule has 0 bridgehead atoms. The highest BCUT2D eigenvalue weighted by Gasteiger charge is 2.04. The van der Waals surface area contributed by atoms with Gasteiger partial charge in [-0.15, -0.1) is 0 Å². The molecule has 0 saturated heterocycles. The van der Waals surface area contributed by atoms with Gasteiger partial charge in [-0.2, -0.15) is 10.2 Å². The van der Waals surface area contributed by atoms with Gasteiger partial charge in [-0.1, -0.05) is 6.07 Å². The molecule has 0 aliphatic rings. The number of hydrogen-bond donors (Lipinski definition) is 2. The summed E-state index contributed by atoms with van der Waals surface area (Å²) in [6, 6.07) is 8.73. The van der Waals surface area contributed by atoms with E-state index in [2.05, 4.69) is 15.5 Å². The molecule has 0 aliphatic carbocycles. The number of carbonyl (C=O) groups is 1. The van der Waals surface area contributed by atoms with Crippen LogP contribution in [-0.2, 0) is 0 Å². The molecule has 3 N–H and O–H groups in total. The third kappa shape index (κ3) is 3.95. The van der Waals surface area contributed by atoms with Crippen molar-refractivity contribution in [1.29, 1.82) is 0 Å². The zero-order valence-electron chi connectivity index (χ0n) is 10.2. The first-order chi connectivity index (χ1) is 9.25. The first-order valence-electron chi connectivity index (χ1n) is 5.79. The van der Waals surface area contributed by atoms with Gasteiger partial charge in [0.15, 0.2) is 0 Å². The zero-order valence-corrected chi connectivity index (χ0v) is 10.2. The van der Waals surface area contributed by atoms with E-state index in [0.717, 1.165) is 0 Å². The molecule has 2 rings (SSSR count). The normalized spacial score (nSPS) is 9.89. The second kappa shape index (κ2) is 6.34. The second-order valence-electron chi connectivity index (χ2n) is 3.81. The highest BCUT2D eigenvalue weighted by molar-refractivity contribution is 5.93. The lowest BCUT2D eigenvalue weighted by molar-refractivity contribution is 0.0946.